The van der Waals surface area contributed by atoms with Gasteiger partial charge in [-0.1, -0.05) is 6.07 Å². The van der Waals surface area contributed by atoms with Crippen LogP contribution in [-0.4, -0.2) is 30.1 Å². The summed E-state index contributed by atoms with van der Waals surface area (Å²) in [5.41, 5.74) is 0.730. The SMILES string of the molecule is Cc1cc(F)cc(C2(O)CCCN(C)CC2)c1. The van der Waals surface area contributed by atoms with E-state index in [0.717, 1.165) is 30.6 Å². The van der Waals surface area contributed by atoms with Gasteiger partial charge in [0.2, 0.25) is 0 Å². The lowest BCUT2D eigenvalue weighted by Gasteiger charge is -2.27. The van der Waals surface area contributed by atoms with Gasteiger partial charge in [0.15, 0.2) is 0 Å². The second-order valence-corrected chi connectivity index (χ2v) is 5.21. The molecule has 0 aromatic heterocycles. The van der Waals surface area contributed by atoms with Crippen LogP contribution in [0.3, 0.4) is 0 Å². The third kappa shape index (κ3) is 2.85. The van der Waals surface area contributed by atoms with Crippen LogP contribution < -0.4 is 0 Å². The first-order valence-electron chi connectivity index (χ1n) is 6.18. The Kier molecular flexibility index (Phi) is 3.50. The summed E-state index contributed by atoms with van der Waals surface area (Å²) in [6.07, 6.45) is 2.33. The summed E-state index contributed by atoms with van der Waals surface area (Å²) in [7, 11) is 2.06. The van der Waals surface area contributed by atoms with Gasteiger partial charge in [-0.2, -0.15) is 0 Å². The summed E-state index contributed by atoms with van der Waals surface area (Å²) in [4.78, 5) is 2.21. The highest BCUT2D eigenvalue weighted by molar-refractivity contribution is 5.28. The fourth-order valence-electron chi connectivity index (χ4n) is 2.55. The minimum absolute atomic E-state index is 0.258. The minimum atomic E-state index is -0.863. The second kappa shape index (κ2) is 4.75. The van der Waals surface area contributed by atoms with Crippen LogP contribution in [0.15, 0.2) is 18.2 Å². The van der Waals surface area contributed by atoms with Gasteiger partial charge in [-0.05, 0) is 63.0 Å². The van der Waals surface area contributed by atoms with Crippen molar-refractivity contribution in [2.45, 2.75) is 31.8 Å². The molecular formula is C14H20FNO. The Morgan fingerprint density at radius 3 is 2.71 bits per heavy atom. The maximum Gasteiger partial charge on any atom is 0.123 e. The molecule has 1 aromatic rings. The van der Waals surface area contributed by atoms with Crippen LogP contribution in [0, 0.1) is 12.7 Å². The van der Waals surface area contributed by atoms with Crippen LogP contribution in [0.5, 0.6) is 0 Å². The van der Waals surface area contributed by atoms with Crippen molar-refractivity contribution >= 4 is 0 Å². The summed E-state index contributed by atoms with van der Waals surface area (Å²) in [6.45, 7) is 3.71. The number of nitrogens with zero attached hydrogens (tertiary/aromatic N) is 1. The van der Waals surface area contributed by atoms with Crippen LogP contribution in [0.2, 0.25) is 0 Å². The molecule has 3 heteroatoms. The van der Waals surface area contributed by atoms with Gasteiger partial charge in [0, 0.05) is 6.54 Å². The molecule has 0 radical (unpaired) electrons. The lowest BCUT2D eigenvalue weighted by molar-refractivity contribution is 0.0215. The van der Waals surface area contributed by atoms with E-state index in [1.54, 1.807) is 0 Å². The summed E-state index contributed by atoms with van der Waals surface area (Å²) in [5, 5.41) is 10.7. The Bertz CT molecular complexity index is 387. The fourth-order valence-corrected chi connectivity index (χ4v) is 2.55. The highest BCUT2D eigenvalue weighted by atomic mass is 19.1. The van der Waals surface area contributed by atoms with E-state index in [-0.39, 0.29) is 5.82 Å². The van der Waals surface area contributed by atoms with Crippen molar-refractivity contribution in [3.05, 3.63) is 35.1 Å². The molecule has 1 saturated heterocycles. The number of aryl methyl sites for hydroxylation is 1. The summed E-state index contributed by atoms with van der Waals surface area (Å²) < 4.78 is 13.4. The Balaban J connectivity index is 2.29. The van der Waals surface area contributed by atoms with Gasteiger partial charge >= 0.3 is 0 Å². The fraction of sp³-hybridized carbons (Fsp3) is 0.571. The van der Waals surface area contributed by atoms with Crippen molar-refractivity contribution in [1.82, 2.24) is 4.90 Å². The molecule has 1 aromatic carbocycles. The molecule has 2 nitrogen and oxygen atoms in total. The van der Waals surface area contributed by atoms with Crippen LogP contribution in [0.4, 0.5) is 4.39 Å². The van der Waals surface area contributed by atoms with Crippen LogP contribution in [-0.2, 0) is 5.60 Å². The average molecular weight is 237 g/mol. The highest BCUT2D eigenvalue weighted by Gasteiger charge is 2.31. The molecule has 0 aliphatic carbocycles. The third-order valence-corrected chi connectivity index (χ3v) is 3.62. The van der Waals surface area contributed by atoms with Crippen molar-refractivity contribution in [3.63, 3.8) is 0 Å². The Morgan fingerprint density at radius 2 is 2.00 bits per heavy atom. The molecule has 2 rings (SSSR count). The standard InChI is InChI=1S/C14H20FNO/c1-11-8-12(10-13(15)9-11)14(17)4-3-6-16(2)7-5-14/h8-10,17H,3-7H2,1-2H3. The molecule has 1 aliphatic rings. The number of halogens is 1. The molecular weight excluding hydrogens is 217 g/mol. The van der Waals surface area contributed by atoms with Gasteiger partial charge in [-0.25, -0.2) is 4.39 Å². The lowest BCUT2D eigenvalue weighted by atomic mass is 9.86. The Labute approximate surface area is 102 Å². The van der Waals surface area contributed by atoms with Crippen molar-refractivity contribution < 1.29 is 9.50 Å². The maximum absolute atomic E-state index is 13.4. The van der Waals surface area contributed by atoms with E-state index < -0.39 is 5.60 Å². The average Bonchev–Trinajstić information content (AvgIpc) is 2.41. The number of hydrogen-bond donors (Lipinski definition) is 1. The molecule has 0 saturated carbocycles. The first kappa shape index (κ1) is 12.5. The number of rotatable bonds is 1. The molecule has 1 unspecified atom stereocenters. The first-order valence-corrected chi connectivity index (χ1v) is 6.18. The van der Waals surface area contributed by atoms with Gasteiger partial charge in [0.05, 0.1) is 5.60 Å². The quantitative estimate of drug-likeness (QED) is 0.811. The zero-order chi connectivity index (χ0) is 12.5. The van der Waals surface area contributed by atoms with Gasteiger partial charge in [-0.3, -0.25) is 0 Å². The summed E-state index contributed by atoms with van der Waals surface area (Å²) >= 11 is 0. The van der Waals surface area contributed by atoms with Crippen molar-refractivity contribution in [1.29, 1.82) is 0 Å². The zero-order valence-electron chi connectivity index (χ0n) is 10.5. The predicted octanol–water partition coefficient (Wildman–Crippen LogP) is 2.44. The molecule has 1 aliphatic heterocycles. The number of benzene rings is 1. The molecule has 1 N–H and O–H groups in total. The monoisotopic (exact) mass is 237 g/mol. The van der Waals surface area contributed by atoms with E-state index in [2.05, 4.69) is 11.9 Å². The van der Waals surface area contributed by atoms with Crippen molar-refractivity contribution in [2.75, 3.05) is 20.1 Å². The largest absolute Gasteiger partial charge is 0.385 e. The number of likely N-dealkylation sites (tertiary alicyclic amines) is 1. The molecule has 0 amide bonds. The van der Waals surface area contributed by atoms with E-state index >= 15 is 0 Å². The zero-order valence-corrected chi connectivity index (χ0v) is 10.5. The second-order valence-electron chi connectivity index (χ2n) is 5.21. The number of hydrogen-bond acceptors (Lipinski definition) is 2. The minimum Gasteiger partial charge on any atom is -0.385 e. The molecule has 1 fully saturated rings. The van der Waals surface area contributed by atoms with Crippen LogP contribution in [0.25, 0.3) is 0 Å². The molecule has 17 heavy (non-hydrogen) atoms. The summed E-state index contributed by atoms with van der Waals surface area (Å²) in [5.74, 6) is -0.258. The molecule has 94 valence electrons. The topological polar surface area (TPSA) is 23.5 Å². The van der Waals surface area contributed by atoms with Crippen LogP contribution >= 0.6 is 0 Å². The Morgan fingerprint density at radius 1 is 1.24 bits per heavy atom. The predicted molar refractivity (Wildman–Crippen MR) is 66.4 cm³/mol. The smallest absolute Gasteiger partial charge is 0.123 e. The first-order chi connectivity index (χ1) is 7.99. The third-order valence-electron chi connectivity index (χ3n) is 3.62. The van der Waals surface area contributed by atoms with E-state index in [9.17, 15) is 9.50 Å². The van der Waals surface area contributed by atoms with E-state index in [0.29, 0.717) is 12.8 Å². The summed E-state index contributed by atoms with van der Waals surface area (Å²) in [6, 6.07) is 4.86. The van der Waals surface area contributed by atoms with Crippen LogP contribution in [0.1, 0.15) is 30.4 Å². The van der Waals surface area contributed by atoms with Crippen molar-refractivity contribution in [2.24, 2.45) is 0 Å². The molecule has 1 heterocycles. The van der Waals surface area contributed by atoms with Gasteiger partial charge in [0.1, 0.15) is 5.82 Å². The van der Waals surface area contributed by atoms with Crippen molar-refractivity contribution in [3.8, 4) is 0 Å². The molecule has 0 spiro atoms. The highest BCUT2D eigenvalue weighted by Crippen LogP contribution is 2.33. The van der Waals surface area contributed by atoms with E-state index in [1.165, 1.54) is 12.1 Å². The molecule has 1 atom stereocenters. The lowest BCUT2D eigenvalue weighted by Crippen LogP contribution is -2.28. The van der Waals surface area contributed by atoms with Gasteiger partial charge in [-0.15, -0.1) is 0 Å². The van der Waals surface area contributed by atoms with Gasteiger partial charge < -0.3 is 10.0 Å². The normalized spacial score (nSPS) is 26.8. The Hall–Kier alpha value is -0.930. The van der Waals surface area contributed by atoms with Gasteiger partial charge in [0.25, 0.3) is 0 Å². The van der Waals surface area contributed by atoms with E-state index in [4.69, 9.17) is 0 Å². The van der Waals surface area contributed by atoms with E-state index in [1.807, 2.05) is 13.0 Å². The maximum atomic E-state index is 13.4. The number of aliphatic hydroxyl groups is 1. The molecule has 0 bridgehead atoms.